The summed E-state index contributed by atoms with van der Waals surface area (Å²) in [5.41, 5.74) is 5.20. The van der Waals surface area contributed by atoms with Gasteiger partial charge in [0.05, 0.1) is 21.9 Å². The SMILES string of the molecule is [2H]C([2H])([2H])C([2H])([2H])N1CCCC1CNC(=O)c1cc(S(=O)(=O)CC)c(N)cc1O. The van der Waals surface area contributed by atoms with E-state index in [2.05, 4.69) is 5.32 Å². The Kier molecular flexibility index (Phi) is 3.87. The second-order valence-electron chi connectivity index (χ2n) is 5.62. The number of hydrogen-bond donors (Lipinski definition) is 3. The molecule has 1 fully saturated rings. The van der Waals surface area contributed by atoms with Crippen molar-refractivity contribution in [2.75, 3.05) is 31.1 Å². The van der Waals surface area contributed by atoms with E-state index in [1.54, 1.807) is 0 Å². The van der Waals surface area contributed by atoms with Crippen LogP contribution < -0.4 is 11.1 Å². The number of carbonyl (C=O) groups excluding carboxylic acids is 1. The first-order valence-corrected chi connectivity index (χ1v) is 9.27. The second kappa shape index (κ2) is 7.40. The molecule has 1 saturated heterocycles. The molecule has 1 aromatic carbocycles. The van der Waals surface area contributed by atoms with Gasteiger partial charge < -0.3 is 16.2 Å². The Morgan fingerprint density at radius 3 is 3.00 bits per heavy atom. The number of anilines is 1. The summed E-state index contributed by atoms with van der Waals surface area (Å²) in [5.74, 6) is -1.49. The smallest absolute Gasteiger partial charge is 0.255 e. The number of hydrogen-bond acceptors (Lipinski definition) is 6. The van der Waals surface area contributed by atoms with Crippen molar-refractivity contribution >= 4 is 21.4 Å². The number of sulfone groups is 1. The van der Waals surface area contributed by atoms with Crippen LogP contribution in [0.1, 0.15) is 43.8 Å². The minimum atomic E-state index is -3.71. The maximum absolute atomic E-state index is 12.5. The van der Waals surface area contributed by atoms with E-state index < -0.39 is 40.9 Å². The summed E-state index contributed by atoms with van der Waals surface area (Å²) in [5, 5.41) is 12.5. The first kappa shape index (κ1) is 12.5. The molecule has 1 unspecified atom stereocenters. The fourth-order valence-electron chi connectivity index (χ4n) is 2.69. The third-order valence-electron chi connectivity index (χ3n) is 4.11. The van der Waals surface area contributed by atoms with E-state index in [1.807, 2.05) is 0 Å². The number of phenolic OH excluding ortho intramolecular Hbond substituents is 1. The highest BCUT2D eigenvalue weighted by Gasteiger charge is 2.25. The number of nitrogens with two attached hydrogens (primary N) is 1. The van der Waals surface area contributed by atoms with E-state index >= 15 is 0 Å². The molecule has 0 saturated carbocycles. The van der Waals surface area contributed by atoms with Crippen LogP contribution in [-0.4, -0.2) is 55.7 Å². The minimum Gasteiger partial charge on any atom is -0.507 e. The zero-order valence-electron chi connectivity index (χ0n) is 18.4. The topological polar surface area (TPSA) is 113 Å². The van der Waals surface area contributed by atoms with Gasteiger partial charge in [-0.1, -0.05) is 13.8 Å². The van der Waals surface area contributed by atoms with Crippen molar-refractivity contribution in [2.24, 2.45) is 0 Å². The highest BCUT2D eigenvalue weighted by Crippen LogP contribution is 2.28. The third kappa shape index (κ3) is 3.81. The van der Waals surface area contributed by atoms with E-state index in [-0.39, 0.29) is 35.0 Å². The second-order valence-corrected chi connectivity index (χ2v) is 7.87. The number of aromatic hydroxyl groups is 1. The molecule has 1 heterocycles. The van der Waals surface area contributed by atoms with E-state index in [9.17, 15) is 18.3 Å². The standard InChI is InChI=1S/C16H25N3O4S/c1-3-19-7-5-6-11(19)10-18-16(21)12-8-15(24(22,23)4-2)13(17)9-14(12)20/h8-9,11,20H,3-7,10,17H2,1-2H3,(H,18,21)/i1D3,3D2. The van der Waals surface area contributed by atoms with Gasteiger partial charge in [0.1, 0.15) is 5.75 Å². The van der Waals surface area contributed by atoms with Gasteiger partial charge in [0.25, 0.3) is 5.91 Å². The highest BCUT2D eigenvalue weighted by molar-refractivity contribution is 7.91. The number of amides is 1. The largest absolute Gasteiger partial charge is 0.507 e. The van der Waals surface area contributed by atoms with Crippen molar-refractivity contribution in [1.29, 1.82) is 0 Å². The summed E-state index contributed by atoms with van der Waals surface area (Å²) in [7, 11) is -3.71. The van der Waals surface area contributed by atoms with Crippen LogP contribution in [0.4, 0.5) is 5.69 Å². The van der Waals surface area contributed by atoms with Crippen LogP contribution >= 0.6 is 0 Å². The lowest BCUT2D eigenvalue weighted by molar-refractivity contribution is 0.0938. The molecule has 7 nitrogen and oxygen atoms in total. The molecule has 134 valence electrons. The van der Waals surface area contributed by atoms with Crippen molar-refractivity contribution in [2.45, 2.75) is 37.6 Å². The summed E-state index contributed by atoms with van der Waals surface area (Å²) in [6.45, 7) is -3.80. The molecular weight excluding hydrogens is 330 g/mol. The van der Waals surface area contributed by atoms with E-state index in [0.29, 0.717) is 12.8 Å². The monoisotopic (exact) mass is 360 g/mol. The van der Waals surface area contributed by atoms with Crippen LogP contribution in [-0.2, 0) is 9.84 Å². The quantitative estimate of drug-likeness (QED) is 0.652. The number of likely N-dealkylation sites (tertiary alicyclic amines) is 1. The van der Waals surface area contributed by atoms with Gasteiger partial charge >= 0.3 is 0 Å². The molecule has 1 atom stereocenters. The summed E-state index contributed by atoms with van der Waals surface area (Å²) < 4.78 is 62.4. The number of carbonyl (C=O) groups is 1. The molecule has 2 rings (SSSR count). The molecule has 1 aromatic rings. The van der Waals surface area contributed by atoms with Gasteiger partial charge in [-0.15, -0.1) is 0 Å². The Morgan fingerprint density at radius 2 is 2.33 bits per heavy atom. The van der Waals surface area contributed by atoms with Gasteiger partial charge in [0.2, 0.25) is 0 Å². The van der Waals surface area contributed by atoms with E-state index in [4.69, 9.17) is 12.6 Å². The molecule has 4 N–H and O–H groups in total. The van der Waals surface area contributed by atoms with Crippen LogP contribution in [0.5, 0.6) is 5.75 Å². The fourth-order valence-corrected chi connectivity index (χ4v) is 3.72. The third-order valence-corrected chi connectivity index (χ3v) is 5.89. The predicted molar refractivity (Wildman–Crippen MR) is 92.8 cm³/mol. The Balaban J connectivity index is 2.20. The number of benzene rings is 1. The molecule has 0 bridgehead atoms. The van der Waals surface area contributed by atoms with Crippen LogP contribution in [0.25, 0.3) is 0 Å². The molecule has 1 aliphatic heterocycles. The lowest BCUT2D eigenvalue weighted by Crippen LogP contribution is -2.40. The zero-order chi connectivity index (χ0) is 22.2. The van der Waals surface area contributed by atoms with E-state index in [1.165, 1.54) is 11.8 Å². The average molecular weight is 360 g/mol. The number of nitrogens with zero attached hydrogens (tertiary/aromatic N) is 1. The maximum Gasteiger partial charge on any atom is 0.255 e. The molecule has 0 aromatic heterocycles. The number of likely N-dealkylation sites (N-methyl/N-ethyl adjacent to an activating group) is 1. The summed E-state index contributed by atoms with van der Waals surface area (Å²) in [4.78, 5) is 13.5. The molecule has 0 aliphatic carbocycles. The van der Waals surface area contributed by atoms with Crippen molar-refractivity contribution in [3.05, 3.63) is 17.7 Å². The van der Waals surface area contributed by atoms with Crippen molar-refractivity contribution < 1.29 is 25.2 Å². The normalized spacial score (nSPS) is 22.9. The molecule has 0 spiro atoms. The average Bonchev–Trinajstić information content (AvgIpc) is 3.07. The van der Waals surface area contributed by atoms with Crippen molar-refractivity contribution in [1.82, 2.24) is 10.2 Å². The van der Waals surface area contributed by atoms with Crippen molar-refractivity contribution in [3.63, 3.8) is 0 Å². The van der Waals surface area contributed by atoms with Gasteiger partial charge in [0, 0.05) is 25.5 Å². The maximum atomic E-state index is 12.5. The summed E-state index contributed by atoms with van der Waals surface area (Å²) in [6.07, 6.45) is 1.06. The number of rotatable bonds is 6. The van der Waals surface area contributed by atoms with Gasteiger partial charge in [-0.2, -0.15) is 0 Å². The lowest BCUT2D eigenvalue weighted by atomic mass is 10.1. The summed E-state index contributed by atoms with van der Waals surface area (Å²) in [6, 6.07) is 1.45. The first-order valence-electron chi connectivity index (χ1n) is 10.1. The van der Waals surface area contributed by atoms with Crippen LogP contribution in [0, 0.1) is 0 Å². The van der Waals surface area contributed by atoms with Crippen molar-refractivity contribution in [3.8, 4) is 5.75 Å². The minimum absolute atomic E-state index is 0.0614. The Hall–Kier alpha value is -1.80. The Morgan fingerprint density at radius 1 is 1.58 bits per heavy atom. The van der Waals surface area contributed by atoms with Gasteiger partial charge in [-0.05, 0) is 31.9 Å². The number of nitrogens with one attached hydrogen (secondary N) is 1. The van der Waals surface area contributed by atoms with Crippen LogP contribution in [0.3, 0.4) is 0 Å². The lowest BCUT2D eigenvalue weighted by Gasteiger charge is -2.23. The molecule has 0 radical (unpaired) electrons. The molecule has 1 aliphatic rings. The van der Waals surface area contributed by atoms with E-state index in [0.717, 1.165) is 12.1 Å². The highest BCUT2D eigenvalue weighted by atomic mass is 32.2. The van der Waals surface area contributed by atoms with Crippen LogP contribution in [0.2, 0.25) is 0 Å². The zero-order valence-corrected chi connectivity index (χ0v) is 14.2. The molecule has 24 heavy (non-hydrogen) atoms. The number of nitrogen functional groups attached to an aromatic ring is 1. The Labute approximate surface area is 149 Å². The van der Waals surface area contributed by atoms with Gasteiger partial charge in [-0.3, -0.25) is 9.69 Å². The Bertz CT molecular complexity index is 889. The molecular formula is C16H25N3O4S. The predicted octanol–water partition coefficient (Wildman–Crippen LogP) is 0.982. The first-order chi connectivity index (χ1) is 13.2. The molecule has 1 amide bonds. The van der Waals surface area contributed by atoms with Gasteiger partial charge in [0.15, 0.2) is 9.84 Å². The fraction of sp³-hybridized carbons (Fsp3) is 0.562. The summed E-state index contributed by atoms with van der Waals surface area (Å²) >= 11 is 0. The van der Waals surface area contributed by atoms with Crippen LogP contribution in [0.15, 0.2) is 17.0 Å². The number of phenols is 1. The van der Waals surface area contributed by atoms with Gasteiger partial charge in [-0.25, -0.2) is 8.42 Å². The molecule has 8 heteroatoms.